The highest BCUT2D eigenvalue weighted by molar-refractivity contribution is 6.04. The molecule has 35 heavy (non-hydrogen) atoms. The molecule has 0 bridgehead atoms. The van der Waals surface area contributed by atoms with Crippen molar-refractivity contribution in [1.29, 1.82) is 10.5 Å². The van der Waals surface area contributed by atoms with E-state index in [1.807, 2.05) is 59.5 Å². The van der Waals surface area contributed by atoms with E-state index in [4.69, 9.17) is 9.47 Å². The van der Waals surface area contributed by atoms with E-state index in [0.717, 1.165) is 11.3 Å². The Morgan fingerprint density at radius 1 is 0.943 bits per heavy atom. The SMILES string of the molecule is COc1ccc(OC)c([C@@H]2[C@H](C(=O)c3ccccc3)N3c4ccccc4C=C[C@H]3C2(C#N)C#N)c1. The number of hydrogen-bond acceptors (Lipinski definition) is 6. The van der Waals surface area contributed by atoms with Crippen LogP contribution in [0, 0.1) is 28.1 Å². The number of rotatable bonds is 5. The van der Waals surface area contributed by atoms with Gasteiger partial charge in [-0.05, 0) is 29.8 Å². The number of ketones is 1. The number of hydrogen-bond donors (Lipinski definition) is 0. The number of nitrogens with zero attached hydrogens (tertiary/aromatic N) is 3. The average molecular weight is 462 g/mol. The Balaban J connectivity index is 1.83. The molecule has 0 spiro atoms. The lowest BCUT2D eigenvalue weighted by atomic mass is 9.69. The predicted octanol–water partition coefficient (Wildman–Crippen LogP) is 4.99. The number of methoxy groups -OCH3 is 2. The van der Waals surface area contributed by atoms with Crippen LogP contribution in [0.5, 0.6) is 11.5 Å². The molecule has 0 N–H and O–H groups in total. The molecule has 3 aromatic rings. The molecule has 0 radical (unpaired) electrons. The highest BCUT2D eigenvalue weighted by Crippen LogP contribution is 2.57. The molecule has 5 rings (SSSR count). The van der Waals surface area contributed by atoms with Crippen molar-refractivity contribution in [2.75, 3.05) is 19.1 Å². The van der Waals surface area contributed by atoms with E-state index in [2.05, 4.69) is 12.1 Å². The lowest BCUT2D eigenvalue weighted by Gasteiger charge is -2.35. The van der Waals surface area contributed by atoms with Gasteiger partial charge in [0.2, 0.25) is 0 Å². The largest absolute Gasteiger partial charge is 0.497 e. The Labute approximate surface area is 204 Å². The summed E-state index contributed by atoms with van der Waals surface area (Å²) < 4.78 is 11.1. The molecule has 0 amide bonds. The summed E-state index contributed by atoms with van der Waals surface area (Å²) in [4.78, 5) is 16.2. The van der Waals surface area contributed by atoms with Crippen LogP contribution in [0.3, 0.4) is 0 Å². The van der Waals surface area contributed by atoms with E-state index in [1.165, 1.54) is 7.11 Å². The second-order valence-corrected chi connectivity index (χ2v) is 8.62. The molecule has 0 aromatic heterocycles. The van der Waals surface area contributed by atoms with Crippen molar-refractivity contribution in [1.82, 2.24) is 0 Å². The van der Waals surface area contributed by atoms with Crippen LogP contribution >= 0.6 is 0 Å². The first-order chi connectivity index (χ1) is 17.1. The summed E-state index contributed by atoms with van der Waals surface area (Å²) in [5.74, 6) is 0.0740. The Hall–Kier alpha value is -4.55. The number of fused-ring (bicyclic) bond motifs is 3. The second kappa shape index (κ2) is 8.66. The Morgan fingerprint density at radius 3 is 2.34 bits per heavy atom. The van der Waals surface area contributed by atoms with Gasteiger partial charge in [0.1, 0.15) is 17.5 Å². The molecule has 172 valence electrons. The molecular formula is C29H23N3O3. The van der Waals surface area contributed by atoms with Crippen molar-refractivity contribution < 1.29 is 14.3 Å². The monoisotopic (exact) mass is 461 g/mol. The van der Waals surface area contributed by atoms with Gasteiger partial charge >= 0.3 is 0 Å². The number of carbonyl (C=O) groups is 1. The quantitative estimate of drug-likeness (QED) is 0.498. The van der Waals surface area contributed by atoms with Crippen molar-refractivity contribution in [3.63, 3.8) is 0 Å². The molecule has 0 aliphatic carbocycles. The van der Waals surface area contributed by atoms with E-state index < -0.39 is 23.4 Å². The zero-order chi connectivity index (χ0) is 24.6. The van der Waals surface area contributed by atoms with Crippen LogP contribution in [0.25, 0.3) is 6.08 Å². The van der Waals surface area contributed by atoms with Crippen molar-refractivity contribution in [2.24, 2.45) is 5.41 Å². The van der Waals surface area contributed by atoms with Gasteiger partial charge in [-0.3, -0.25) is 4.79 Å². The summed E-state index contributed by atoms with van der Waals surface area (Å²) in [5, 5.41) is 21.2. The predicted molar refractivity (Wildman–Crippen MR) is 132 cm³/mol. The van der Waals surface area contributed by atoms with Crippen molar-refractivity contribution in [2.45, 2.75) is 18.0 Å². The topological polar surface area (TPSA) is 86.3 Å². The molecule has 2 aliphatic rings. The fourth-order valence-electron chi connectivity index (χ4n) is 5.43. The maximum atomic E-state index is 14.2. The fourth-order valence-corrected chi connectivity index (χ4v) is 5.43. The number of ether oxygens (including phenoxy) is 2. The maximum Gasteiger partial charge on any atom is 0.185 e. The minimum Gasteiger partial charge on any atom is -0.497 e. The average Bonchev–Trinajstić information content (AvgIpc) is 3.23. The first kappa shape index (κ1) is 22.3. The summed E-state index contributed by atoms with van der Waals surface area (Å²) in [6.07, 6.45) is 3.79. The number of carbonyl (C=O) groups excluding carboxylic acids is 1. The molecule has 1 fully saturated rings. The summed E-state index contributed by atoms with van der Waals surface area (Å²) in [6, 6.07) is 25.2. The van der Waals surface area contributed by atoms with Gasteiger partial charge in [0.15, 0.2) is 11.2 Å². The molecule has 3 aromatic carbocycles. The first-order valence-electron chi connectivity index (χ1n) is 11.3. The minimum atomic E-state index is -1.56. The Bertz CT molecular complexity index is 1390. The Morgan fingerprint density at radius 2 is 1.66 bits per heavy atom. The van der Waals surface area contributed by atoms with Crippen molar-refractivity contribution in [3.8, 4) is 23.6 Å². The summed E-state index contributed by atoms with van der Waals surface area (Å²) in [6.45, 7) is 0. The molecule has 6 heteroatoms. The van der Waals surface area contributed by atoms with Gasteiger partial charge in [-0.2, -0.15) is 10.5 Å². The van der Waals surface area contributed by atoms with E-state index in [9.17, 15) is 15.3 Å². The molecule has 2 aliphatic heterocycles. The smallest absolute Gasteiger partial charge is 0.185 e. The number of Topliss-reactive ketones (excluding diaryl/α,β-unsaturated/α-hetero) is 1. The highest BCUT2D eigenvalue weighted by atomic mass is 16.5. The number of para-hydroxylation sites is 1. The molecule has 6 nitrogen and oxygen atoms in total. The summed E-state index contributed by atoms with van der Waals surface area (Å²) in [7, 11) is 3.09. The molecule has 3 atom stereocenters. The van der Waals surface area contributed by atoms with Crippen LogP contribution in [0.15, 0.2) is 78.9 Å². The van der Waals surface area contributed by atoms with E-state index in [0.29, 0.717) is 22.6 Å². The second-order valence-electron chi connectivity index (χ2n) is 8.62. The van der Waals surface area contributed by atoms with Gasteiger partial charge in [-0.1, -0.05) is 60.7 Å². The number of benzene rings is 3. The molecule has 2 heterocycles. The number of nitriles is 2. The normalized spacial score (nSPS) is 21.3. The standard InChI is InChI=1S/C29H23N3O3/c1-34-21-13-14-24(35-2)22(16-21)26-27(28(33)20-9-4-3-5-10-20)32-23-11-7-6-8-19(23)12-15-25(32)29(26,17-30)18-31/h3-16,25-27H,1-2H3/t25-,26+,27+/m0/s1. The lowest BCUT2D eigenvalue weighted by molar-refractivity contribution is 0.0950. The third-order valence-electron chi connectivity index (χ3n) is 7.01. The molecule has 0 saturated carbocycles. The van der Waals surface area contributed by atoms with Crippen LogP contribution in [-0.2, 0) is 0 Å². The van der Waals surface area contributed by atoms with Gasteiger partial charge in [-0.15, -0.1) is 0 Å². The maximum absolute atomic E-state index is 14.2. The van der Waals surface area contributed by atoms with Gasteiger partial charge in [0.25, 0.3) is 0 Å². The fraction of sp³-hybridized carbons (Fsp3) is 0.207. The summed E-state index contributed by atoms with van der Waals surface area (Å²) in [5.41, 5.74) is 1.29. The zero-order valence-electron chi connectivity index (χ0n) is 19.4. The van der Waals surface area contributed by atoms with Crippen molar-refractivity contribution >= 4 is 17.5 Å². The first-order valence-corrected chi connectivity index (χ1v) is 11.3. The zero-order valence-corrected chi connectivity index (χ0v) is 19.4. The van der Waals surface area contributed by atoms with Crippen LogP contribution in [0.4, 0.5) is 5.69 Å². The van der Waals surface area contributed by atoms with Crippen molar-refractivity contribution in [3.05, 3.63) is 95.6 Å². The summed E-state index contributed by atoms with van der Waals surface area (Å²) >= 11 is 0. The van der Waals surface area contributed by atoms with E-state index in [1.54, 1.807) is 37.4 Å². The van der Waals surface area contributed by atoms with Crippen LogP contribution < -0.4 is 14.4 Å². The van der Waals surface area contributed by atoms with Gasteiger partial charge in [0, 0.05) is 16.8 Å². The molecular weight excluding hydrogens is 438 g/mol. The Kier molecular flexibility index (Phi) is 5.51. The minimum absolute atomic E-state index is 0.164. The molecule has 1 saturated heterocycles. The van der Waals surface area contributed by atoms with Crippen LogP contribution in [0.1, 0.15) is 27.4 Å². The van der Waals surface area contributed by atoms with Gasteiger partial charge in [0.05, 0.1) is 38.3 Å². The van der Waals surface area contributed by atoms with Gasteiger partial charge in [-0.25, -0.2) is 0 Å². The highest BCUT2D eigenvalue weighted by Gasteiger charge is 2.64. The van der Waals surface area contributed by atoms with Crippen LogP contribution in [0.2, 0.25) is 0 Å². The molecule has 0 unspecified atom stereocenters. The van der Waals surface area contributed by atoms with Crippen LogP contribution in [-0.4, -0.2) is 32.1 Å². The third-order valence-corrected chi connectivity index (χ3v) is 7.01. The van der Waals surface area contributed by atoms with E-state index in [-0.39, 0.29) is 5.78 Å². The third kappa shape index (κ3) is 3.26. The number of anilines is 1. The van der Waals surface area contributed by atoms with E-state index >= 15 is 0 Å². The lowest BCUT2D eigenvalue weighted by Crippen LogP contribution is -2.44. The van der Waals surface area contributed by atoms with Gasteiger partial charge < -0.3 is 14.4 Å².